The average molecular weight is 217 g/mol. The second-order valence-electron chi connectivity index (χ2n) is 3.72. The lowest BCUT2D eigenvalue weighted by Crippen LogP contribution is -2.50. The number of nitrogens with zero attached hydrogens (tertiary/aromatic N) is 1. The molecule has 1 fully saturated rings. The Morgan fingerprint density at radius 1 is 1.43 bits per heavy atom. The molecule has 0 bridgehead atoms. The Hall–Kier alpha value is -0.550. The second kappa shape index (κ2) is 4.31. The monoisotopic (exact) mass is 217 g/mol. The minimum absolute atomic E-state index is 0.113. The molecule has 1 aliphatic heterocycles. The Morgan fingerprint density at radius 3 is 2.36 bits per heavy atom. The summed E-state index contributed by atoms with van der Waals surface area (Å²) < 4.78 is 0. The van der Waals surface area contributed by atoms with Gasteiger partial charge in [0.15, 0.2) is 0 Å². The lowest BCUT2D eigenvalue weighted by molar-refractivity contribution is -0.146. The van der Waals surface area contributed by atoms with Gasteiger partial charge in [-0.15, -0.1) is 11.8 Å². The Kier molecular flexibility index (Phi) is 3.55. The fraction of sp³-hybridized carbons (Fsp3) is 0.778. The van der Waals surface area contributed by atoms with Crippen LogP contribution in [0, 0.1) is 0 Å². The summed E-state index contributed by atoms with van der Waals surface area (Å²) in [5.41, 5.74) is -0.965. The second-order valence-corrected chi connectivity index (χ2v) is 4.70. The molecule has 2 amide bonds. The first-order valence-corrected chi connectivity index (χ1v) is 5.75. The molecule has 0 aromatic heterocycles. The van der Waals surface area contributed by atoms with Gasteiger partial charge >= 0.3 is 0 Å². The van der Waals surface area contributed by atoms with Crippen molar-refractivity contribution in [2.45, 2.75) is 25.9 Å². The van der Waals surface area contributed by atoms with Crippen molar-refractivity contribution in [2.75, 3.05) is 18.1 Å². The summed E-state index contributed by atoms with van der Waals surface area (Å²) in [5, 5.41) is 9.76. The van der Waals surface area contributed by atoms with Gasteiger partial charge < -0.3 is 5.11 Å². The summed E-state index contributed by atoms with van der Waals surface area (Å²) in [4.78, 5) is 23.9. The highest BCUT2D eigenvalue weighted by atomic mass is 32.2. The quantitative estimate of drug-likeness (QED) is 0.688. The molecule has 1 N–H and O–H groups in total. The van der Waals surface area contributed by atoms with Gasteiger partial charge in [0, 0.05) is 0 Å². The maximum absolute atomic E-state index is 11.4. The molecule has 4 nitrogen and oxygen atoms in total. The number of hydrogen-bond acceptors (Lipinski definition) is 4. The Balaban J connectivity index is 2.65. The first kappa shape index (κ1) is 11.5. The third kappa shape index (κ3) is 2.72. The van der Waals surface area contributed by atoms with E-state index in [1.54, 1.807) is 6.92 Å². The van der Waals surface area contributed by atoms with Crippen LogP contribution in [0.25, 0.3) is 0 Å². The molecule has 1 aliphatic rings. The van der Waals surface area contributed by atoms with Gasteiger partial charge in [0.25, 0.3) is 0 Å². The third-order valence-electron chi connectivity index (χ3n) is 2.31. The zero-order valence-corrected chi connectivity index (χ0v) is 9.26. The molecule has 14 heavy (non-hydrogen) atoms. The number of carbonyl (C=O) groups excluding carboxylic acids is 2. The molecule has 5 heteroatoms. The molecule has 1 unspecified atom stereocenters. The van der Waals surface area contributed by atoms with E-state index in [1.807, 2.05) is 6.92 Å². The van der Waals surface area contributed by atoms with Crippen LogP contribution >= 0.6 is 11.8 Å². The minimum atomic E-state index is -0.965. The van der Waals surface area contributed by atoms with Gasteiger partial charge in [-0.3, -0.25) is 14.5 Å². The molecule has 0 aromatic carbocycles. The van der Waals surface area contributed by atoms with Gasteiger partial charge in [-0.2, -0.15) is 0 Å². The largest absolute Gasteiger partial charge is 0.388 e. The van der Waals surface area contributed by atoms with Crippen molar-refractivity contribution in [1.29, 1.82) is 0 Å². The van der Waals surface area contributed by atoms with E-state index < -0.39 is 5.60 Å². The van der Waals surface area contributed by atoms with Gasteiger partial charge in [-0.1, -0.05) is 6.92 Å². The van der Waals surface area contributed by atoms with Crippen LogP contribution in [0.3, 0.4) is 0 Å². The van der Waals surface area contributed by atoms with Crippen LogP contribution in [0.2, 0.25) is 0 Å². The zero-order chi connectivity index (χ0) is 10.8. The number of rotatable bonds is 3. The Labute approximate surface area is 87.7 Å². The highest BCUT2D eigenvalue weighted by Gasteiger charge is 2.32. The maximum atomic E-state index is 11.4. The molecule has 0 aliphatic carbocycles. The highest BCUT2D eigenvalue weighted by Crippen LogP contribution is 2.17. The fourth-order valence-corrected chi connectivity index (χ4v) is 1.91. The fourth-order valence-electron chi connectivity index (χ4n) is 1.15. The van der Waals surface area contributed by atoms with Crippen molar-refractivity contribution < 1.29 is 14.7 Å². The number of β-amino-alcohol motifs (C(OH)–C–C–N with tert-alkyl or cyclic N) is 1. The molecule has 1 saturated heterocycles. The molecule has 1 rings (SSSR count). The van der Waals surface area contributed by atoms with E-state index in [2.05, 4.69) is 0 Å². The van der Waals surface area contributed by atoms with Crippen molar-refractivity contribution in [3.05, 3.63) is 0 Å². The minimum Gasteiger partial charge on any atom is -0.388 e. The molecule has 1 atom stereocenters. The van der Waals surface area contributed by atoms with E-state index >= 15 is 0 Å². The van der Waals surface area contributed by atoms with E-state index in [0.29, 0.717) is 17.9 Å². The number of amides is 2. The van der Waals surface area contributed by atoms with Crippen molar-refractivity contribution in [2.24, 2.45) is 0 Å². The van der Waals surface area contributed by atoms with Gasteiger partial charge in [0.1, 0.15) is 0 Å². The Bertz CT molecular complexity index is 236. The molecular weight excluding hydrogens is 202 g/mol. The predicted molar refractivity (Wildman–Crippen MR) is 55.0 cm³/mol. The van der Waals surface area contributed by atoms with Crippen molar-refractivity contribution in [3.8, 4) is 0 Å². The summed E-state index contributed by atoms with van der Waals surface area (Å²) >= 11 is 1.33. The molecule has 80 valence electrons. The molecule has 0 saturated carbocycles. The standard InChI is InChI=1S/C9H15NO3S/c1-3-9(2,13)6-10-7(11)4-14-5-8(10)12/h13H,3-6H2,1-2H3. The summed E-state index contributed by atoms with van der Waals surface area (Å²) in [7, 11) is 0. The maximum Gasteiger partial charge on any atom is 0.239 e. The topological polar surface area (TPSA) is 57.6 Å². The van der Waals surface area contributed by atoms with E-state index in [-0.39, 0.29) is 18.4 Å². The van der Waals surface area contributed by atoms with Gasteiger partial charge in [-0.05, 0) is 13.3 Å². The van der Waals surface area contributed by atoms with Crippen LogP contribution in [-0.4, -0.2) is 45.5 Å². The molecule has 0 radical (unpaired) electrons. The molecular formula is C9H15NO3S. The first-order chi connectivity index (χ1) is 6.46. The van der Waals surface area contributed by atoms with Gasteiger partial charge in [0.05, 0.1) is 23.7 Å². The zero-order valence-electron chi connectivity index (χ0n) is 8.45. The van der Waals surface area contributed by atoms with E-state index in [9.17, 15) is 14.7 Å². The van der Waals surface area contributed by atoms with Gasteiger partial charge in [-0.25, -0.2) is 0 Å². The summed E-state index contributed by atoms with van der Waals surface area (Å²) in [6, 6.07) is 0. The smallest absolute Gasteiger partial charge is 0.239 e. The first-order valence-electron chi connectivity index (χ1n) is 4.59. The number of hydrogen-bond donors (Lipinski definition) is 1. The number of thioether (sulfide) groups is 1. The van der Waals surface area contributed by atoms with Crippen LogP contribution in [0.15, 0.2) is 0 Å². The highest BCUT2D eigenvalue weighted by molar-refractivity contribution is 8.00. The normalized spacial score (nSPS) is 22.4. The molecule has 0 spiro atoms. The van der Waals surface area contributed by atoms with E-state index in [1.165, 1.54) is 16.7 Å². The SMILES string of the molecule is CCC(C)(O)CN1C(=O)CSCC1=O. The van der Waals surface area contributed by atoms with Crippen LogP contribution in [-0.2, 0) is 9.59 Å². The lowest BCUT2D eigenvalue weighted by atomic mass is 10.0. The Morgan fingerprint density at radius 2 is 1.93 bits per heavy atom. The molecule has 1 heterocycles. The summed E-state index contributed by atoms with van der Waals surface area (Å²) in [6.07, 6.45) is 0.525. The lowest BCUT2D eigenvalue weighted by Gasteiger charge is -2.31. The predicted octanol–water partition coefficient (Wildman–Crippen LogP) is 0.249. The molecule has 0 aromatic rings. The number of imide groups is 1. The number of carbonyl (C=O) groups is 2. The summed E-state index contributed by atoms with van der Waals surface area (Å²) in [6.45, 7) is 3.57. The van der Waals surface area contributed by atoms with Crippen molar-refractivity contribution in [3.63, 3.8) is 0 Å². The van der Waals surface area contributed by atoms with E-state index in [4.69, 9.17) is 0 Å². The third-order valence-corrected chi connectivity index (χ3v) is 3.22. The average Bonchev–Trinajstić information content (AvgIpc) is 2.12. The van der Waals surface area contributed by atoms with Crippen LogP contribution in [0.1, 0.15) is 20.3 Å². The van der Waals surface area contributed by atoms with Gasteiger partial charge in [0.2, 0.25) is 11.8 Å². The van der Waals surface area contributed by atoms with Crippen LogP contribution in [0.4, 0.5) is 0 Å². The number of aliphatic hydroxyl groups is 1. The van der Waals surface area contributed by atoms with Crippen molar-refractivity contribution in [1.82, 2.24) is 4.90 Å². The van der Waals surface area contributed by atoms with Crippen molar-refractivity contribution >= 4 is 23.6 Å². The van der Waals surface area contributed by atoms with Crippen LogP contribution in [0.5, 0.6) is 0 Å². The van der Waals surface area contributed by atoms with Crippen LogP contribution < -0.4 is 0 Å². The summed E-state index contributed by atoms with van der Waals surface area (Å²) in [5.74, 6) is 0.289. The van der Waals surface area contributed by atoms with E-state index in [0.717, 1.165) is 0 Å².